The van der Waals surface area contributed by atoms with E-state index in [1.807, 2.05) is 6.92 Å². The molecule has 1 saturated carbocycles. The molecule has 1 aromatic carbocycles. The summed E-state index contributed by atoms with van der Waals surface area (Å²) in [7, 11) is -2.18. The van der Waals surface area contributed by atoms with Crippen LogP contribution in [0.2, 0.25) is 5.02 Å². The number of nitrogens with zero attached hydrogens (tertiary/aromatic N) is 1. The highest BCUT2D eigenvalue weighted by Gasteiger charge is 2.36. The van der Waals surface area contributed by atoms with Crippen LogP contribution in [0.25, 0.3) is 0 Å². The lowest BCUT2D eigenvalue weighted by Crippen LogP contribution is -2.36. The number of sulfonamides is 1. The van der Waals surface area contributed by atoms with Gasteiger partial charge in [0.25, 0.3) is 0 Å². The van der Waals surface area contributed by atoms with Crippen molar-refractivity contribution in [2.24, 2.45) is 5.92 Å². The molecule has 5 nitrogen and oxygen atoms in total. The zero-order valence-electron chi connectivity index (χ0n) is 11.2. The molecule has 0 amide bonds. The molecule has 0 spiro atoms. The second-order valence-electron chi connectivity index (χ2n) is 5.05. The first kappa shape index (κ1) is 15.3. The van der Waals surface area contributed by atoms with Gasteiger partial charge in [-0.1, -0.05) is 11.6 Å². The third-order valence-corrected chi connectivity index (χ3v) is 5.99. The maximum Gasteiger partial charge on any atom is 0.337 e. The second kappa shape index (κ2) is 5.35. The molecule has 0 aromatic heterocycles. The summed E-state index contributed by atoms with van der Waals surface area (Å²) in [6.45, 7) is 1.86. The summed E-state index contributed by atoms with van der Waals surface area (Å²) in [4.78, 5) is 11.0. The maximum atomic E-state index is 12.5. The highest BCUT2D eigenvalue weighted by Crippen LogP contribution is 2.36. The minimum atomic E-state index is -3.70. The highest BCUT2D eigenvalue weighted by molar-refractivity contribution is 7.89. The van der Waals surface area contributed by atoms with Gasteiger partial charge in [-0.2, -0.15) is 4.31 Å². The molecule has 1 fully saturated rings. The van der Waals surface area contributed by atoms with Gasteiger partial charge >= 0.3 is 5.97 Å². The molecule has 7 heteroatoms. The molecule has 0 heterocycles. The van der Waals surface area contributed by atoms with E-state index in [0.717, 1.165) is 18.9 Å². The number of rotatable bonds is 5. The Balaban J connectivity index is 2.38. The van der Waals surface area contributed by atoms with Crippen molar-refractivity contribution in [3.8, 4) is 0 Å². The Morgan fingerprint density at radius 2 is 2.05 bits per heavy atom. The summed E-state index contributed by atoms with van der Waals surface area (Å²) in [6, 6.07) is 3.65. The third kappa shape index (κ3) is 2.82. The smallest absolute Gasteiger partial charge is 0.337 e. The van der Waals surface area contributed by atoms with Gasteiger partial charge in [0.15, 0.2) is 0 Å². The Labute approximate surface area is 123 Å². The van der Waals surface area contributed by atoms with Crippen LogP contribution in [0, 0.1) is 5.92 Å². The molecule has 0 bridgehead atoms. The lowest BCUT2D eigenvalue weighted by molar-refractivity contribution is 0.0697. The number of benzene rings is 1. The molecule has 0 radical (unpaired) electrons. The van der Waals surface area contributed by atoms with Crippen LogP contribution in [0.4, 0.5) is 0 Å². The molecular weight excluding hydrogens is 302 g/mol. The second-order valence-corrected chi connectivity index (χ2v) is 7.45. The SMILES string of the molecule is CC(C1CC1)N(C)S(=O)(=O)c1ccc(Cl)c(C(=O)O)c1. The molecular formula is C13H16ClNO4S. The van der Waals surface area contributed by atoms with Crippen molar-refractivity contribution in [3.05, 3.63) is 28.8 Å². The van der Waals surface area contributed by atoms with Crippen LogP contribution in [0.15, 0.2) is 23.1 Å². The Kier molecular flexibility index (Phi) is 4.09. The van der Waals surface area contributed by atoms with Crippen LogP contribution in [0.3, 0.4) is 0 Å². The van der Waals surface area contributed by atoms with Gasteiger partial charge in [0.2, 0.25) is 10.0 Å². The van der Waals surface area contributed by atoms with E-state index in [-0.39, 0.29) is 21.5 Å². The molecule has 1 aliphatic carbocycles. The van der Waals surface area contributed by atoms with Crippen LogP contribution in [0.5, 0.6) is 0 Å². The molecule has 1 aromatic rings. The summed E-state index contributed by atoms with van der Waals surface area (Å²) in [5, 5.41) is 9.03. The van der Waals surface area contributed by atoms with Gasteiger partial charge < -0.3 is 5.11 Å². The molecule has 110 valence electrons. The first-order chi connectivity index (χ1) is 9.25. The molecule has 20 heavy (non-hydrogen) atoms. The van der Waals surface area contributed by atoms with E-state index >= 15 is 0 Å². The fourth-order valence-corrected chi connectivity index (χ4v) is 3.74. The third-order valence-electron chi connectivity index (χ3n) is 3.72. The van der Waals surface area contributed by atoms with Crippen LogP contribution in [0.1, 0.15) is 30.1 Å². The van der Waals surface area contributed by atoms with Crippen molar-refractivity contribution in [2.45, 2.75) is 30.7 Å². The Hall–Kier alpha value is -1.11. The zero-order valence-corrected chi connectivity index (χ0v) is 12.8. The first-order valence-electron chi connectivity index (χ1n) is 6.26. The quantitative estimate of drug-likeness (QED) is 0.905. The predicted octanol–water partition coefficient (Wildman–Crippen LogP) is 2.46. The number of aromatic carboxylic acids is 1. The van der Waals surface area contributed by atoms with Gasteiger partial charge in [0, 0.05) is 13.1 Å². The van der Waals surface area contributed by atoms with Crippen molar-refractivity contribution in [1.29, 1.82) is 0 Å². The van der Waals surface area contributed by atoms with Crippen molar-refractivity contribution in [1.82, 2.24) is 4.31 Å². The Morgan fingerprint density at radius 1 is 1.45 bits per heavy atom. The maximum absolute atomic E-state index is 12.5. The lowest BCUT2D eigenvalue weighted by atomic mass is 10.2. The zero-order chi connectivity index (χ0) is 15.1. The fourth-order valence-electron chi connectivity index (χ4n) is 2.09. The van der Waals surface area contributed by atoms with E-state index in [1.165, 1.54) is 23.5 Å². The number of hydrogen-bond acceptors (Lipinski definition) is 3. The van der Waals surface area contributed by atoms with Crippen molar-refractivity contribution < 1.29 is 18.3 Å². The van der Waals surface area contributed by atoms with Crippen LogP contribution >= 0.6 is 11.6 Å². The summed E-state index contributed by atoms with van der Waals surface area (Å²) in [5.74, 6) is -0.856. The van der Waals surface area contributed by atoms with Crippen LogP contribution in [-0.4, -0.2) is 36.9 Å². The standard InChI is InChI=1S/C13H16ClNO4S/c1-8(9-3-4-9)15(2)20(18,19)10-5-6-12(14)11(7-10)13(16)17/h5-9H,3-4H2,1-2H3,(H,16,17). The minimum absolute atomic E-state index is 0.0225. The van der Waals surface area contributed by atoms with E-state index in [2.05, 4.69) is 0 Å². The van der Waals surface area contributed by atoms with Crippen LogP contribution in [-0.2, 0) is 10.0 Å². The highest BCUT2D eigenvalue weighted by atomic mass is 35.5. The fraction of sp³-hybridized carbons (Fsp3) is 0.462. The Morgan fingerprint density at radius 3 is 2.55 bits per heavy atom. The van der Waals surface area contributed by atoms with Gasteiger partial charge in [-0.25, -0.2) is 13.2 Å². The number of hydrogen-bond donors (Lipinski definition) is 1. The molecule has 1 aliphatic rings. The molecule has 1 atom stereocenters. The van der Waals surface area contributed by atoms with Gasteiger partial charge in [0.05, 0.1) is 15.5 Å². The monoisotopic (exact) mass is 317 g/mol. The molecule has 1 N–H and O–H groups in total. The largest absolute Gasteiger partial charge is 0.478 e. The average molecular weight is 318 g/mol. The van der Waals surface area contributed by atoms with E-state index in [4.69, 9.17) is 16.7 Å². The van der Waals surface area contributed by atoms with E-state index in [0.29, 0.717) is 5.92 Å². The van der Waals surface area contributed by atoms with Gasteiger partial charge in [-0.3, -0.25) is 0 Å². The lowest BCUT2D eigenvalue weighted by Gasteiger charge is -2.24. The number of carbonyl (C=O) groups is 1. The number of carboxylic acid groups (broad SMARTS) is 1. The summed E-state index contributed by atoms with van der Waals surface area (Å²) in [6.07, 6.45) is 2.06. The molecule has 0 aliphatic heterocycles. The molecule has 1 unspecified atom stereocenters. The minimum Gasteiger partial charge on any atom is -0.478 e. The predicted molar refractivity (Wildman–Crippen MR) is 75.5 cm³/mol. The Bertz CT molecular complexity index is 640. The van der Waals surface area contributed by atoms with E-state index in [1.54, 1.807) is 0 Å². The van der Waals surface area contributed by atoms with Crippen LogP contribution < -0.4 is 0 Å². The first-order valence-corrected chi connectivity index (χ1v) is 8.08. The molecule has 2 rings (SSSR count). The van der Waals surface area contributed by atoms with Gasteiger partial charge in [-0.15, -0.1) is 0 Å². The number of carboxylic acids is 1. The number of halogens is 1. The van der Waals surface area contributed by atoms with Gasteiger partial charge in [0.1, 0.15) is 0 Å². The topological polar surface area (TPSA) is 74.7 Å². The van der Waals surface area contributed by atoms with Crippen molar-refractivity contribution in [2.75, 3.05) is 7.05 Å². The van der Waals surface area contributed by atoms with Crippen molar-refractivity contribution in [3.63, 3.8) is 0 Å². The van der Waals surface area contributed by atoms with Crippen molar-refractivity contribution >= 4 is 27.6 Å². The van der Waals surface area contributed by atoms with E-state index < -0.39 is 16.0 Å². The van der Waals surface area contributed by atoms with Gasteiger partial charge in [-0.05, 0) is 43.9 Å². The normalized spacial score (nSPS) is 17.2. The summed E-state index contributed by atoms with van der Waals surface area (Å²) in [5.41, 5.74) is -0.208. The summed E-state index contributed by atoms with van der Waals surface area (Å²) >= 11 is 5.75. The average Bonchev–Trinajstić information content (AvgIpc) is 3.21. The summed E-state index contributed by atoms with van der Waals surface area (Å²) < 4.78 is 26.3. The van der Waals surface area contributed by atoms with E-state index in [9.17, 15) is 13.2 Å². The molecule has 0 saturated heterocycles.